The van der Waals surface area contributed by atoms with Crippen LogP contribution in [0.5, 0.6) is 0 Å². The molecule has 0 fully saturated rings. The van der Waals surface area contributed by atoms with Crippen LogP contribution in [0.1, 0.15) is 0 Å². The number of furan rings is 1. The second-order valence-corrected chi connectivity index (χ2v) is 11.4. The quantitative estimate of drug-likeness (QED) is 0.197. The summed E-state index contributed by atoms with van der Waals surface area (Å²) < 4.78 is 8.89. The Morgan fingerprint density at radius 3 is 2.11 bits per heavy atom. The summed E-state index contributed by atoms with van der Waals surface area (Å²) in [6, 6.07) is 48.7. The Morgan fingerprint density at radius 1 is 0.477 bits per heavy atom. The maximum absolute atomic E-state index is 6.60. The van der Waals surface area contributed by atoms with E-state index in [2.05, 4.69) is 126 Å². The van der Waals surface area contributed by atoms with Gasteiger partial charge in [-0.05, 0) is 41.1 Å². The maximum atomic E-state index is 6.60. The molecule has 0 unspecified atom stereocenters. The lowest BCUT2D eigenvalue weighted by atomic mass is 10.0. The zero-order valence-corrected chi connectivity index (χ0v) is 23.5. The minimum atomic E-state index is 0.808. The average Bonchev–Trinajstić information content (AvgIpc) is 3.64. The second-order valence-electron chi connectivity index (χ2n) is 11.4. The number of benzene rings is 7. The van der Waals surface area contributed by atoms with Crippen LogP contribution in [0, 0.1) is 0 Å². The molecule has 4 heteroatoms. The molecule has 0 saturated heterocycles. The fraction of sp³-hybridized carbons (Fsp3) is 0. The normalized spacial score (nSPS) is 12.1. The molecular formula is C40H23N3O. The third-order valence-electron chi connectivity index (χ3n) is 8.96. The molecular weight excluding hydrogens is 538 g/mol. The molecule has 0 amide bonds. The Morgan fingerprint density at radius 2 is 1.20 bits per heavy atom. The molecule has 0 atom stereocenters. The van der Waals surface area contributed by atoms with Crippen molar-refractivity contribution < 1.29 is 4.42 Å². The lowest BCUT2D eigenvalue weighted by Crippen LogP contribution is -2.04. The third-order valence-corrected chi connectivity index (χ3v) is 8.96. The SMILES string of the molecule is c1ccc(-c2nc3ccc4ccccc4c3nc2-n2c3ccccc3c3c4c(ccc5c6ccccc6oc54)ccc32)cc1. The fourth-order valence-corrected chi connectivity index (χ4v) is 7.00. The molecule has 0 aliphatic heterocycles. The topological polar surface area (TPSA) is 43.9 Å². The molecule has 10 aromatic rings. The molecule has 0 aliphatic carbocycles. The number of hydrogen-bond donors (Lipinski definition) is 0. The standard InChI is InChI=1S/C40H23N3O/c1-2-11-26(12-3-1)37-40(42-38-27-13-5-4-10-24(27)19-22-31(38)41-37)43-32-16-8-6-15-30(32)36-33(43)23-20-25-18-21-29-28-14-7-9-17-34(28)44-39(29)35(25)36/h1-23H. The van der Waals surface area contributed by atoms with Gasteiger partial charge in [0.2, 0.25) is 0 Å². The highest BCUT2D eigenvalue weighted by atomic mass is 16.3. The molecule has 10 rings (SSSR count). The fourth-order valence-electron chi connectivity index (χ4n) is 7.00. The summed E-state index contributed by atoms with van der Waals surface area (Å²) in [5.74, 6) is 0.808. The van der Waals surface area contributed by atoms with Crippen molar-refractivity contribution in [3.05, 3.63) is 140 Å². The van der Waals surface area contributed by atoms with Gasteiger partial charge in [-0.2, -0.15) is 0 Å². The summed E-state index contributed by atoms with van der Waals surface area (Å²) in [5.41, 5.74) is 7.59. The highest BCUT2D eigenvalue weighted by molar-refractivity contribution is 6.29. The Bertz CT molecular complexity index is 2770. The van der Waals surface area contributed by atoms with Gasteiger partial charge in [-0.3, -0.25) is 4.57 Å². The predicted molar refractivity (Wildman–Crippen MR) is 182 cm³/mol. The van der Waals surface area contributed by atoms with E-state index >= 15 is 0 Å². The van der Waals surface area contributed by atoms with E-state index in [0.29, 0.717) is 0 Å². The second kappa shape index (κ2) is 8.76. The first kappa shape index (κ1) is 23.6. The van der Waals surface area contributed by atoms with Crippen LogP contribution in [0.4, 0.5) is 0 Å². The lowest BCUT2D eigenvalue weighted by Gasteiger charge is -2.14. The Kier molecular flexibility index (Phi) is 4.69. The molecule has 0 saturated carbocycles. The van der Waals surface area contributed by atoms with Gasteiger partial charge in [-0.1, -0.05) is 109 Å². The Hall–Kier alpha value is -6.00. The molecule has 3 aromatic heterocycles. The number of aromatic nitrogens is 3. The summed E-state index contributed by atoms with van der Waals surface area (Å²) in [5, 5.41) is 9.06. The predicted octanol–water partition coefficient (Wildman–Crippen LogP) is 10.6. The van der Waals surface area contributed by atoms with E-state index in [4.69, 9.17) is 14.4 Å². The zero-order chi connectivity index (χ0) is 28.8. The summed E-state index contributed by atoms with van der Waals surface area (Å²) in [6.45, 7) is 0. The summed E-state index contributed by atoms with van der Waals surface area (Å²) in [6.07, 6.45) is 0. The highest BCUT2D eigenvalue weighted by Gasteiger charge is 2.22. The summed E-state index contributed by atoms with van der Waals surface area (Å²) in [4.78, 5) is 10.8. The minimum Gasteiger partial charge on any atom is -0.455 e. The molecule has 7 aromatic carbocycles. The van der Waals surface area contributed by atoms with Crippen molar-refractivity contribution in [1.82, 2.24) is 14.5 Å². The van der Waals surface area contributed by atoms with Crippen molar-refractivity contribution in [2.24, 2.45) is 0 Å². The van der Waals surface area contributed by atoms with Gasteiger partial charge >= 0.3 is 0 Å². The van der Waals surface area contributed by atoms with E-state index < -0.39 is 0 Å². The zero-order valence-electron chi connectivity index (χ0n) is 23.5. The van der Waals surface area contributed by atoms with E-state index in [0.717, 1.165) is 93.4 Å². The van der Waals surface area contributed by atoms with E-state index in [9.17, 15) is 0 Å². The van der Waals surface area contributed by atoms with Crippen LogP contribution in [0.15, 0.2) is 144 Å². The minimum absolute atomic E-state index is 0.808. The van der Waals surface area contributed by atoms with E-state index in [1.165, 1.54) is 0 Å². The first-order valence-corrected chi connectivity index (χ1v) is 14.8. The van der Waals surface area contributed by atoms with Crippen LogP contribution in [0.3, 0.4) is 0 Å². The number of rotatable bonds is 2. The van der Waals surface area contributed by atoms with Crippen LogP contribution in [-0.4, -0.2) is 14.5 Å². The largest absolute Gasteiger partial charge is 0.455 e. The van der Waals surface area contributed by atoms with Crippen LogP contribution in [-0.2, 0) is 0 Å². The molecule has 44 heavy (non-hydrogen) atoms. The number of hydrogen-bond acceptors (Lipinski definition) is 3. The van der Waals surface area contributed by atoms with Gasteiger partial charge in [0.05, 0.1) is 22.1 Å². The molecule has 204 valence electrons. The number of fused-ring (bicyclic) bond motifs is 12. The van der Waals surface area contributed by atoms with Crippen LogP contribution >= 0.6 is 0 Å². The molecule has 0 spiro atoms. The van der Waals surface area contributed by atoms with Crippen molar-refractivity contribution in [1.29, 1.82) is 0 Å². The average molecular weight is 562 g/mol. The molecule has 0 aliphatic rings. The van der Waals surface area contributed by atoms with E-state index in [-0.39, 0.29) is 0 Å². The molecule has 4 nitrogen and oxygen atoms in total. The van der Waals surface area contributed by atoms with Gasteiger partial charge in [-0.25, -0.2) is 9.97 Å². The number of para-hydroxylation sites is 2. The van der Waals surface area contributed by atoms with Crippen molar-refractivity contribution >= 4 is 76.3 Å². The first-order valence-electron chi connectivity index (χ1n) is 14.8. The first-order chi connectivity index (χ1) is 21.8. The molecule has 0 bridgehead atoms. The smallest absolute Gasteiger partial charge is 0.165 e. The van der Waals surface area contributed by atoms with Gasteiger partial charge < -0.3 is 4.42 Å². The van der Waals surface area contributed by atoms with E-state index in [1.54, 1.807) is 0 Å². The van der Waals surface area contributed by atoms with E-state index in [1.807, 2.05) is 18.2 Å². The van der Waals surface area contributed by atoms with Crippen LogP contribution < -0.4 is 0 Å². The van der Waals surface area contributed by atoms with Gasteiger partial charge in [0, 0.05) is 37.9 Å². The highest BCUT2D eigenvalue weighted by Crippen LogP contribution is 2.43. The van der Waals surface area contributed by atoms with Crippen LogP contribution in [0.25, 0.3) is 93.4 Å². The monoisotopic (exact) mass is 561 g/mol. The summed E-state index contributed by atoms with van der Waals surface area (Å²) >= 11 is 0. The van der Waals surface area contributed by atoms with Gasteiger partial charge in [0.1, 0.15) is 16.9 Å². The van der Waals surface area contributed by atoms with Gasteiger partial charge in [-0.15, -0.1) is 0 Å². The lowest BCUT2D eigenvalue weighted by molar-refractivity contribution is 0.673. The van der Waals surface area contributed by atoms with Crippen molar-refractivity contribution in [3.63, 3.8) is 0 Å². The third kappa shape index (κ3) is 3.17. The molecule has 3 heterocycles. The van der Waals surface area contributed by atoms with Gasteiger partial charge in [0.15, 0.2) is 5.82 Å². The molecule has 0 radical (unpaired) electrons. The Balaban J connectivity index is 1.41. The van der Waals surface area contributed by atoms with Crippen LogP contribution in [0.2, 0.25) is 0 Å². The van der Waals surface area contributed by atoms with Crippen molar-refractivity contribution in [3.8, 4) is 17.1 Å². The molecule has 0 N–H and O–H groups in total. The van der Waals surface area contributed by atoms with Crippen molar-refractivity contribution in [2.45, 2.75) is 0 Å². The maximum Gasteiger partial charge on any atom is 0.165 e. The Labute approximate surface area is 251 Å². The summed E-state index contributed by atoms with van der Waals surface area (Å²) in [7, 11) is 0. The van der Waals surface area contributed by atoms with Crippen molar-refractivity contribution in [2.75, 3.05) is 0 Å². The number of nitrogens with zero attached hydrogens (tertiary/aromatic N) is 3. The van der Waals surface area contributed by atoms with Gasteiger partial charge in [0.25, 0.3) is 0 Å².